The van der Waals surface area contributed by atoms with Crippen molar-refractivity contribution in [2.45, 2.75) is 46.6 Å². The number of carbonyl (C=O) groups is 2. The fourth-order valence-corrected chi connectivity index (χ4v) is 1.40. The van der Waals surface area contributed by atoms with Gasteiger partial charge < -0.3 is 10.4 Å². The van der Waals surface area contributed by atoms with Crippen molar-refractivity contribution >= 4 is 11.9 Å². The fraction of sp³-hybridized carbons (Fsp3) is 0.818. The molecule has 2 atom stereocenters. The molecule has 0 rings (SSSR count). The first-order chi connectivity index (χ1) is 6.88. The predicted molar refractivity (Wildman–Crippen MR) is 58.5 cm³/mol. The van der Waals surface area contributed by atoms with Crippen LogP contribution in [0.25, 0.3) is 0 Å². The maximum atomic E-state index is 11.5. The summed E-state index contributed by atoms with van der Waals surface area (Å²) in [4.78, 5) is 22.3. The summed E-state index contributed by atoms with van der Waals surface area (Å²) < 4.78 is 0. The average Bonchev–Trinajstić information content (AvgIpc) is 2.11. The van der Waals surface area contributed by atoms with Crippen LogP contribution in [-0.2, 0) is 9.59 Å². The Morgan fingerprint density at radius 1 is 1.27 bits per heavy atom. The van der Waals surface area contributed by atoms with Crippen molar-refractivity contribution in [3.05, 3.63) is 0 Å². The Bertz CT molecular complexity index is 226. The molecule has 2 unspecified atom stereocenters. The molecule has 0 bridgehead atoms. The van der Waals surface area contributed by atoms with Gasteiger partial charge in [-0.25, -0.2) is 0 Å². The van der Waals surface area contributed by atoms with Gasteiger partial charge in [-0.15, -0.1) is 0 Å². The van der Waals surface area contributed by atoms with Crippen LogP contribution < -0.4 is 5.32 Å². The molecule has 88 valence electrons. The van der Waals surface area contributed by atoms with Crippen molar-refractivity contribution in [3.63, 3.8) is 0 Å². The van der Waals surface area contributed by atoms with E-state index in [0.717, 1.165) is 0 Å². The zero-order valence-electron chi connectivity index (χ0n) is 9.91. The van der Waals surface area contributed by atoms with Crippen molar-refractivity contribution in [3.8, 4) is 0 Å². The Morgan fingerprint density at radius 3 is 2.13 bits per heavy atom. The highest BCUT2D eigenvalue weighted by Crippen LogP contribution is 2.16. The van der Waals surface area contributed by atoms with Gasteiger partial charge in [-0.1, -0.05) is 13.8 Å². The van der Waals surface area contributed by atoms with E-state index >= 15 is 0 Å². The van der Waals surface area contributed by atoms with E-state index in [1.54, 1.807) is 6.92 Å². The van der Waals surface area contributed by atoms with Crippen molar-refractivity contribution in [2.24, 2.45) is 11.8 Å². The topological polar surface area (TPSA) is 66.4 Å². The lowest BCUT2D eigenvalue weighted by Gasteiger charge is -2.17. The molecule has 0 fully saturated rings. The molecular weight excluding hydrogens is 194 g/mol. The Balaban J connectivity index is 4.15. The molecule has 4 heteroatoms. The van der Waals surface area contributed by atoms with Gasteiger partial charge in [0.25, 0.3) is 0 Å². The van der Waals surface area contributed by atoms with E-state index < -0.39 is 11.9 Å². The van der Waals surface area contributed by atoms with E-state index in [4.69, 9.17) is 5.11 Å². The first-order valence-corrected chi connectivity index (χ1v) is 5.41. The number of amides is 1. The van der Waals surface area contributed by atoms with Crippen LogP contribution in [0.5, 0.6) is 0 Å². The summed E-state index contributed by atoms with van der Waals surface area (Å²) in [6, 6.07) is 0.102. The number of nitrogens with one attached hydrogen (secondary N) is 1. The van der Waals surface area contributed by atoms with Crippen molar-refractivity contribution < 1.29 is 14.7 Å². The maximum absolute atomic E-state index is 11.5. The van der Waals surface area contributed by atoms with Crippen molar-refractivity contribution in [1.82, 2.24) is 5.32 Å². The maximum Gasteiger partial charge on any atom is 0.306 e. The van der Waals surface area contributed by atoms with Gasteiger partial charge in [0.05, 0.1) is 5.92 Å². The summed E-state index contributed by atoms with van der Waals surface area (Å²) in [5, 5.41) is 11.6. The minimum atomic E-state index is -0.818. The van der Waals surface area contributed by atoms with Gasteiger partial charge in [-0.3, -0.25) is 9.59 Å². The molecule has 0 aromatic heterocycles. The van der Waals surface area contributed by atoms with Crippen LogP contribution in [-0.4, -0.2) is 23.0 Å². The molecule has 0 radical (unpaired) electrons. The molecule has 0 aromatic rings. The number of carboxylic acid groups (broad SMARTS) is 1. The standard InChI is InChI=1S/C11H21NO3/c1-5-9(11(14)15)6-8(4)10(13)12-7(2)3/h7-9H,5-6H2,1-4H3,(H,12,13)(H,14,15). The average molecular weight is 215 g/mol. The smallest absolute Gasteiger partial charge is 0.306 e. The van der Waals surface area contributed by atoms with Gasteiger partial charge in [0.2, 0.25) is 5.91 Å². The van der Waals surface area contributed by atoms with Crippen LogP contribution in [0.1, 0.15) is 40.5 Å². The molecule has 0 aliphatic rings. The molecule has 0 aliphatic carbocycles. The second-order valence-electron chi connectivity index (χ2n) is 4.24. The minimum absolute atomic E-state index is 0.0651. The largest absolute Gasteiger partial charge is 0.481 e. The first kappa shape index (κ1) is 13.9. The Kier molecular flexibility index (Phi) is 5.97. The third-order valence-corrected chi connectivity index (χ3v) is 2.36. The monoisotopic (exact) mass is 215 g/mol. The summed E-state index contributed by atoms with van der Waals surface area (Å²) >= 11 is 0. The molecule has 0 aliphatic heterocycles. The number of aliphatic carboxylic acids is 1. The Labute approximate surface area is 91.1 Å². The molecule has 0 aromatic carbocycles. The summed E-state index contributed by atoms with van der Waals surface area (Å²) in [7, 11) is 0. The zero-order chi connectivity index (χ0) is 12.0. The Hall–Kier alpha value is -1.06. The fourth-order valence-electron chi connectivity index (χ4n) is 1.40. The van der Waals surface area contributed by atoms with Gasteiger partial charge >= 0.3 is 5.97 Å². The predicted octanol–water partition coefficient (Wildman–Crippen LogP) is 1.65. The highest BCUT2D eigenvalue weighted by molar-refractivity contribution is 5.79. The molecule has 1 amide bonds. The highest BCUT2D eigenvalue weighted by atomic mass is 16.4. The zero-order valence-corrected chi connectivity index (χ0v) is 9.91. The van der Waals surface area contributed by atoms with Crippen LogP contribution in [0, 0.1) is 11.8 Å². The SMILES string of the molecule is CCC(CC(C)C(=O)NC(C)C)C(=O)O. The molecule has 0 spiro atoms. The molecule has 0 heterocycles. The summed E-state index contributed by atoms with van der Waals surface area (Å²) in [6.07, 6.45) is 0.971. The van der Waals surface area contributed by atoms with Crippen LogP contribution in [0.4, 0.5) is 0 Å². The minimum Gasteiger partial charge on any atom is -0.481 e. The number of carboxylic acids is 1. The molecule has 15 heavy (non-hydrogen) atoms. The lowest BCUT2D eigenvalue weighted by Crippen LogP contribution is -2.35. The van der Waals surface area contributed by atoms with Crippen LogP contribution in [0.15, 0.2) is 0 Å². The lowest BCUT2D eigenvalue weighted by atomic mass is 9.93. The summed E-state index contributed by atoms with van der Waals surface area (Å²) in [6.45, 7) is 7.37. The van der Waals surface area contributed by atoms with Gasteiger partial charge in [0.15, 0.2) is 0 Å². The molecular formula is C11H21NO3. The van der Waals surface area contributed by atoms with E-state index in [0.29, 0.717) is 12.8 Å². The third kappa shape index (κ3) is 5.40. The molecule has 4 nitrogen and oxygen atoms in total. The van der Waals surface area contributed by atoms with Gasteiger partial charge in [-0.05, 0) is 26.7 Å². The van der Waals surface area contributed by atoms with Crippen molar-refractivity contribution in [2.75, 3.05) is 0 Å². The lowest BCUT2D eigenvalue weighted by molar-refractivity contribution is -0.142. The summed E-state index contributed by atoms with van der Waals surface area (Å²) in [5.41, 5.74) is 0. The van der Waals surface area contributed by atoms with Crippen LogP contribution >= 0.6 is 0 Å². The van der Waals surface area contributed by atoms with Gasteiger partial charge in [0, 0.05) is 12.0 Å². The number of hydrogen-bond donors (Lipinski definition) is 2. The second-order valence-corrected chi connectivity index (χ2v) is 4.24. The highest BCUT2D eigenvalue weighted by Gasteiger charge is 2.22. The molecule has 0 saturated carbocycles. The Morgan fingerprint density at radius 2 is 1.80 bits per heavy atom. The first-order valence-electron chi connectivity index (χ1n) is 5.41. The summed E-state index contributed by atoms with van der Waals surface area (Å²) in [5.74, 6) is -1.54. The normalized spacial score (nSPS) is 14.7. The van der Waals surface area contributed by atoms with Crippen molar-refractivity contribution in [1.29, 1.82) is 0 Å². The van der Waals surface area contributed by atoms with Crippen LogP contribution in [0.2, 0.25) is 0 Å². The molecule has 2 N–H and O–H groups in total. The number of carbonyl (C=O) groups excluding carboxylic acids is 1. The third-order valence-electron chi connectivity index (χ3n) is 2.36. The van der Waals surface area contributed by atoms with E-state index in [2.05, 4.69) is 5.32 Å². The number of hydrogen-bond acceptors (Lipinski definition) is 2. The van der Waals surface area contributed by atoms with E-state index in [9.17, 15) is 9.59 Å². The quantitative estimate of drug-likeness (QED) is 0.708. The van der Waals surface area contributed by atoms with Gasteiger partial charge in [-0.2, -0.15) is 0 Å². The van der Waals surface area contributed by atoms with E-state index in [-0.39, 0.29) is 17.9 Å². The van der Waals surface area contributed by atoms with Gasteiger partial charge in [0.1, 0.15) is 0 Å². The molecule has 0 saturated heterocycles. The van der Waals surface area contributed by atoms with E-state index in [1.165, 1.54) is 0 Å². The second kappa shape index (κ2) is 6.43. The van der Waals surface area contributed by atoms with Crippen LogP contribution in [0.3, 0.4) is 0 Å². The number of rotatable bonds is 6. The van der Waals surface area contributed by atoms with E-state index in [1.807, 2.05) is 20.8 Å².